The van der Waals surface area contributed by atoms with Gasteiger partial charge in [-0.2, -0.15) is 0 Å². The van der Waals surface area contributed by atoms with Crippen LogP contribution in [0.5, 0.6) is 0 Å². The Kier molecular flexibility index (Phi) is 13.5. The highest BCUT2D eigenvalue weighted by atomic mass is 16.4. The standard InChI is InChI=1S/C16H32N4O6/c1-2-3-5-18(11-14(21)22)7-9-20(13-16(25)26)10-8-19(6-4-17)12-15(23)24/h2-13,17H2,1H3,(H,21,22)(H,23,24)(H,25,26). The summed E-state index contributed by atoms with van der Waals surface area (Å²) in [6, 6.07) is 0. The van der Waals surface area contributed by atoms with E-state index in [1.165, 1.54) is 0 Å². The molecule has 0 aromatic carbocycles. The van der Waals surface area contributed by atoms with Crippen LogP contribution in [0.3, 0.4) is 0 Å². The molecule has 0 saturated carbocycles. The highest BCUT2D eigenvalue weighted by molar-refractivity contribution is 5.69. The van der Waals surface area contributed by atoms with E-state index in [9.17, 15) is 14.4 Å². The summed E-state index contributed by atoms with van der Waals surface area (Å²) in [4.78, 5) is 38.0. The molecule has 0 aliphatic carbocycles. The first kappa shape index (κ1) is 24.2. The summed E-state index contributed by atoms with van der Waals surface area (Å²) in [6.07, 6.45) is 1.81. The molecule has 0 radical (unpaired) electrons. The zero-order valence-electron chi connectivity index (χ0n) is 15.5. The molecular weight excluding hydrogens is 344 g/mol. The highest BCUT2D eigenvalue weighted by Gasteiger charge is 2.16. The summed E-state index contributed by atoms with van der Waals surface area (Å²) >= 11 is 0. The summed E-state index contributed by atoms with van der Waals surface area (Å²) in [6.45, 7) is 4.55. The van der Waals surface area contributed by atoms with E-state index in [1.807, 2.05) is 6.92 Å². The van der Waals surface area contributed by atoms with E-state index < -0.39 is 17.9 Å². The number of carbonyl (C=O) groups is 3. The molecule has 0 saturated heterocycles. The fourth-order valence-electron chi connectivity index (χ4n) is 2.51. The molecule has 10 nitrogen and oxygen atoms in total. The minimum Gasteiger partial charge on any atom is -0.480 e. The predicted molar refractivity (Wildman–Crippen MR) is 96.2 cm³/mol. The molecule has 0 rings (SSSR count). The smallest absolute Gasteiger partial charge is 0.317 e. The minimum absolute atomic E-state index is 0.0841. The molecule has 0 aromatic rings. The van der Waals surface area contributed by atoms with Crippen molar-refractivity contribution in [2.45, 2.75) is 19.8 Å². The molecule has 26 heavy (non-hydrogen) atoms. The van der Waals surface area contributed by atoms with Gasteiger partial charge >= 0.3 is 17.9 Å². The van der Waals surface area contributed by atoms with Crippen molar-refractivity contribution in [3.8, 4) is 0 Å². The van der Waals surface area contributed by atoms with Crippen LogP contribution in [-0.4, -0.2) is 113 Å². The Morgan fingerprint density at radius 1 is 0.692 bits per heavy atom. The van der Waals surface area contributed by atoms with E-state index in [-0.39, 0.29) is 19.6 Å². The number of nitrogens with zero attached hydrogens (tertiary/aromatic N) is 3. The van der Waals surface area contributed by atoms with Gasteiger partial charge in [0.15, 0.2) is 0 Å². The number of hydrogen-bond donors (Lipinski definition) is 4. The first-order valence-corrected chi connectivity index (χ1v) is 8.81. The van der Waals surface area contributed by atoms with E-state index >= 15 is 0 Å². The summed E-state index contributed by atoms with van der Waals surface area (Å²) in [5.74, 6) is -2.86. The fourth-order valence-corrected chi connectivity index (χ4v) is 2.51. The van der Waals surface area contributed by atoms with Crippen LogP contribution < -0.4 is 5.73 Å². The zero-order valence-corrected chi connectivity index (χ0v) is 15.5. The normalized spacial score (nSPS) is 11.4. The lowest BCUT2D eigenvalue weighted by molar-refractivity contribution is -0.140. The van der Waals surface area contributed by atoms with Crippen LogP contribution in [-0.2, 0) is 14.4 Å². The Morgan fingerprint density at radius 3 is 1.35 bits per heavy atom. The van der Waals surface area contributed by atoms with Gasteiger partial charge in [-0.25, -0.2) is 0 Å². The molecule has 0 aliphatic rings. The average Bonchev–Trinajstić information content (AvgIpc) is 2.53. The Bertz CT molecular complexity index is 435. The molecule has 0 aliphatic heterocycles. The number of rotatable bonds is 17. The van der Waals surface area contributed by atoms with Crippen LogP contribution in [0.4, 0.5) is 0 Å². The topological polar surface area (TPSA) is 148 Å². The second kappa shape index (κ2) is 14.4. The van der Waals surface area contributed by atoms with Gasteiger partial charge in [-0.1, -0.05) is 13.3 Å². The lowest BCUT2D eigenvalue weighted by Crippen LogP contribution is -2.44. The molecule has 0 heterocycles. The Balaban J connectivity index is 4.66. The monoisotopic (exact) mass is 376 g/mol. The van der Waals surface area contributed by atoms with Gasteiger partial charge in [0, 0.05) is 39.3 Å². The Morgan fingerprint density at radius 2 is 1.04 bits per heavy atom. The van der Waals surface area contributed by atoms with Crippen molar-refractivity contribution in [1.29, 1.82) is 0 Å². The molecule has 0 fully saturated rings. The third-order valence-electron chi connectivity index (χ3n) is 3.81. The molecule has 5 N–H and O–H groups in total. The molecule has 0 atom stereocenters. The second-order valence-electron chi connectivity index (χ2n) is 6.15. The SMILES string of the molecule is CCCCN(CCN(CCN(CCN)CC(=O)O)CC(=O)O)CC(=O)O. The van der Waals surface area contributed by atoms with Gasteiger partial charge in [-0.05, 0) is 13.0 Å². The van der Waals surface area contributed by atoms with Gasteiger partial charge in [0.1, 0.15) is 0 Å². The number of unbranched alkanes of at least 4 members (excludes halogenated alkanes) is 1. The van der Waals surface area contributed by atoms with Gasteiger partial charge in [-0.15, -0.1) is 0 Å². The van der Waals surface area contributed by atoms with Crippen LogP contribution in [0.1, 0.15) is 19.8 Å². The van der Waals surface area contributed by atoms with Gasteiger partial charge < -0.3 is 21.1 Å². The number of carboxylic acids is 3. The third kappa shape index (κ3) is 13.5. The molecule has 152 valence electrons. The molecule has 0 aromatic heterocycles. The van der Waals surface area contributed by atoms with Crippen molar-refractivity contribution < 1.29 is 29.7 Å². The molecule has 10 heteroatoms. The van der Waals surface area contributed by atoms with Gasteiger partial charge in [0.05, 0.1) is 19.6 Å². The van der Waals surface area contributed by atoms with Crippen LogP contribution in [0.25, 0.3) is 0 Å². The molecule has 0 amide bonds. The highest BCUT2D eigenvalue weighted by Crippen LogP contribution is 1.99. The average molecular weight is 376 g/mol. The maximum atomic E-state index is 11.1. The third-order valence-corrected chi connectivity index (χ3v) is 3.81. The largest absolute Gasteiger partial charge is 0.480 e. The van der Waals surface area contributed by atoms with Crippen LogP contribution >= 0.6 is 0 Å². The van der Waals surface area contributed by atoms with Crippen molar-refractivity contribution in [2.24, 2.45) is 5.73 Å². The van der Waals surface area contributed by atoms with Crippen molar-refractivity contribution >= 4 is 17.9 Å². The van der Waals surface area contributed by atoms with Crippen molar-refractivity contribution in [1.82, 2.24) is 14.7 Å². The zero-order chi connectivity index (χ0) is 19.9. The van der Waals surface area contributed by atoms with Crippen molar-refractivity contribution in [2.75, 3.05) is 65.4 Å². The maximum absolute atomic E-state index is 11.1. The maximum Gasteiger partial charge on any atom is 0.317 e. The summed E-state index contributed by atoms with van der Waals surface area (Å²) in [7, 11) is 0. The lowest BCUT2D eigenvalue weighted by atomic mass is 10.3. The lowest BCUT2D eigenvalue weighted by Gasteiger charge is -2.28. The quantitative estimate of drug-likeness (QED) is 0.247. The first-order valence-electron chi connectivity index (χ1n) is 8.81. The van der Waals surface area contributed by atoms with E-state index in [0.717, 1.165) is 12.8 Å². The van der Waals surface area contributed by atoms with Crippen molar-refractivity contribution in [3.63, 3.8) is 0 Å². The molecule has 0 bridgehead atoms. The van der Waals surface area contributed by atoms with Gasteiger partial charge in [-0.3, -0.25) is 29.1 Å². The summed E-state index contributed by atoms with van der Waals surface area (Å²) in [5.41, 5.74) is 5.48. The fraction of sp³-hybridized carbons (Fsp3) is 0.812. The number of carboxylic acid groups (broad SMARTS) is 3. The molecular formula is C16H32N4O6. The number of nitrogens with two attached hydrogens (primary N) is 1. The van der Waals surface area contributed by atoms with Crippen molar-refractivity contribution in [3.05, 3.63) is 0 Å². The summed E-state index contributed by atoms with van der Waals surface area (Å²) < 4.78 is 0. The minimum atomic E-state index is -0.980. The second-order valence-corrected chi connectivity index (χ2v) is 6.15. The Labute approximate surface area is 154 Å². The number of hydrogen-bond acceptors (Lipinski definition) is 7. The van der Waals surface area contributed by atoms with Crippen LogP contribution in [0.15, 0.2) is 0 Å². The first-order chi connectivity index (χ1) is 12.3. The van der Waals surface area contributed by atoms with Crippen LogP contribution in [0, 0.1) is 0 Å². The van der Waals surface area contributed by atoms with Crippen LogP contribution in [0.2, 0.25) is 0 Å². The van der Waals surface area contributed by atoms with Gasteiger partial charge in [0.25, 0.3) is 0 Å². The molecule has 0 spiro atoms. The van der Waals surface area contributed by atoms with E-state index in [4.69, 9.17) is 21.1 Å². The number of aliphatic carboxylic acids is 3. The Hall–Kier alpha value is -1.75. The van der Waals surface area contributed by atoms with Gasteiger partial charge in [0.2, 0.25) is 0 Å². The van der Waals surface area contributed by atoms with E-state index in [2.05, 4.69) is 0 Å². The molecule has 0 unspecified atom stereocenters. The predicted octanol–water partition coefficient (Wildman–Crippen LogP) is -1.09. The van der Waals surface area contributed by atoms with E-state index in [1.54, 1.807) is 14.7 Å². The summed E-state index contributed by atoms with van der Waals surface area (Å²) in [5, 5.41) is 27.0. The van der Waals surface area contributed by atoms with E-state index in [0.29, 0.717) is 45.8 Å².